The third kappa shape index (κ3) is 3.55. The summed E-state index contributed by atoms with van der Waals surface area (Å²) >= 11 is 0. The number of carbonyl (C=O) groups is 2. The van der Waals surface area contributed by atoms with Crippen LogP contribution in [-0.2, 0) is 9.53 Å². The van der Waals surface area contributed by atoms with E-state index in [9.17, 15) is 14.9 Å². The van der Waals surface area contributed by atoms with Gasteiger partial charge >= 0.3 is 5.97 Å². The van der Waals surface area contributed by atoms with Crippen molar-refractivity contribution in [3.63, 3.8) is 0 Å². The first kappa shape index (κ1) is 19.7. The van der Waals surface area contributed by atoms with E-state index in [4.69, 9.17) is 4.74 Å². The van der Waals surface area contributed by atoms with E-state index >= 15 is 0 Å². The minimum atomic E-state index is -1.01. The van der Waals surface area contributed by atoms with E-state index < -0.39 is 12.1 Å². The number of hydrogen-bond donors (Lipinski definition) is 1. The first-order valence-corrected chi connectivity index (χ1v) is 10.0. The number of esters is 1. The highest BCUT2D eigenvalue weighted by Gasteiger charge is 2.27. The first-order chi connectivity index (χ1) is 14.4. The molecule has 30 heavy (non-hydrogen) atoms. The molecule has 0 amide bonds. The van der Waals surface area contributed by atoms with Gasteiger partial charge in [0, 0.05) is 40.1 Å². The molecule has 1 N–H and O–H groups in total. The molecule has 1 saturated carbocycles. The SMILES string of the molecule is Cc1cc(/C=C(\C#N)C(=O)O[C@H](C)C(=O)c2c[nH]c3ccccc23)c(C)n1C1CC1. The minimum absolute atomic E-state index is 0.121. The van der Waals surface area contributed by atoms with Crippen molar-refractivity contribution in [3.8, 4) is 6.07 Å². The smallest absolute Gasteiger partial charge is 0.349 e. The highest BCUT2D eigenvalue weighted by atomic mass is 16.5. The molecular formula is C24H23N3O3. The Labute approximate surface area is 174 Å². The molecular weight excluding hydrogens is 378 g/mol. The van der Waals surface area contributed by atoms with Crippen LogP contribution >= 0.6 is 0 Å². The van der Waals surface area contributed by atoms with Crippen molar-refractivity contribution in [2.75, 3.05) is 0 Å². The Balaban J connectivity index is 1.53. The van der Waals surface area contributed by atoms with Crippen LogP contribution in [-0.4, -0.2) is 27.4 Å². The summed E-state index contributed by atoms with van der Waals surface area (Å²) in [6.45, 7) is 5.53. The van der Waals surface area contributed by atoms with E-state index in [1.54, 1.807) is 12.3 Å². The second-order valence-electron chi connectivity index (χ2n) is 7.76. The number of hydrogen-bond acceptors (Lipinski definition) is 4. The summed E-state index contributed by atoms with van der Waals surface area (Å²) in [5, 5.41) is 10.3. The second-order valence-corrected chi connectivity index (χ2v) is 7.76. The standard InChI is InChI=1S/C24H23N3O3/c1-14-10-17(15(2)27(14)19-8-9-19)11-18(12-25)24(29)30-16(3)23(28)21-13-26-22-7-5-4-6-20(21)22/h4-7,10-11,13,16,19,26H,8-9H2,1-3H3/b18-11+/t16-/m1/s1. The maximum absolute atomic E-state index is 12.8. The van der Waals surface area contributed by atoms with Crippen LogP contribution in [0.5, 0.6) is 0 Å². The van der Waals surface area contributed by atoms with Crippen molar-refractivity contribution >= 4 is 28.7 Å². The van der Waals surface area contributed by atoms with Crippen LogP contribution in [0.1, 0.15) is 53.1 Å². The van der Waals surface area contributed by atoms with Gasteiger partial charge in [-0.25, -0.2) is 4.79 Å². The van der Waals surface area contributed by atoms with Crippen molar-refractivity contribution in [3.05, 3.63) is 64.6 Å². The van der Waals surface area contributed by atoms with Gasteiger partial charge in [0.25, 0.3) is 0 Å². The van der Waals surface area contributed by atoms with Crippen LogP contribution in [0.15, 0.2) is 42.1 Å². The highest BCUT2D eigenvalue weighted by Crippen LogP contribution is 2.38. The fourth-order valence-corrected chi connectivity index (χ4v) is 3.91. The molecule has 2 heterocycles. The van der Waals surface area contributed by atoms with Gasteiger partial charge in [0.1, 0.15) is 11.6 Å². The molecule has 4 rings (SSSR count). The predicted molar refractivity (Wildman–Crippen MR) is 114 cm³/mol. The average molecular weight is 401 g/mol. The number of H-pyrrole nitrogens is 1. The highest BCUT2D eigenvalue weighted by molar-refractivity contribution is 6.10. The third-order valence-corrected chi connectivity index (χ3v) is 5.58. The Kier molecular flexibility index (Phi) is 5.04. The fourth-order valence-electron chi connectivity index (χ4n) is 3.91. The fraction of sp³-hybridized carbons (Fsp3) is 0.292. The van der Waals surface area contributed by atoms with Crippen LogP contribution in [0.25, 0.3) is 17.0 Å². The van der Waals surface area contributed by atoms with Gasteiger partial charge in [0.15, 0.2) is 6.10 Å². The Morgan fingerprint density at radius 1 is 1.30 bits per heavy atom. The summed E-state index contributed by atoms with van der Waals surface area (Å²) in [4.78, 5) is 28.4. The molecule has 0 unspecified atom stereocenters. The van der Waals surface area contributed by atoms with Gasteiger partial charge in [0.05, 0.1) is 0 Å². The maximum Gasteiger partial charge on any atom is 0.349 e. The van der Waals surface area contributed by atoms with E-state index in [1.807, 2.05) is 50.2 Å². The molecule has 0 radical (unpaired) electrons. The van der Waals surface area contributed by atoms with Crippen molar-refractivity contribution in [2.24, 2.45) is 0 Å². The van der Waals surface area contributed by atoms with Gasteiger partial charge in [-0.3, -0.25) is 4.79 Å². The number of nitrogens with one attached hydrogen (secondary N) is 1. The molecule has 1 atom stereocenters. The quantitative estimate of drug-likeness (QED) is 0.282. The molecule has 0 spiro atoms. The van der Waals surface area contributed by atoms with Crippen molar-refractivity contribution in [1.82, 2.24) is 9.55 Å². The summed E-state index contributed by atoms with van der Waals surface area (Å²) in [6.07, 6.45) is 4.46. The van der Waals surface area contributed by atoms with Crippen molar-refractivity contribution in [1.29, 1.82) is 5.26 Å². The van der Waals surface area contributed by atoms with Crippen LogP contribution < -0.4 is 0 Å². The lowest BCUT2D eigenvalue weighted by Crippen LogP contribution is -2.24. The summed E-state index contributed by atoms with van der Waals surface area (Å²) in [5.41, 5.74) is 4.13. The van der Waals surface area contributed by atoms with Gasteiger partial charge in [-0.2, -0.15) is 5.26 Å². The van der Waals surface area contributed by atoms with Gasteiger partial charge in [0.2, 0.25) is 5.78 Å². The number of fused-ring (bicyclic) bond motifs is 1. The molecule has 3 aromatic rings. The lowest BCUT2D eigenvalue weighted by molar-refractivity contribution is -0.141. The summed E-state index contributed by atoms with van der Waals surface area (Å²) in [6, 6.07) is 11.8. The Bertz CT molecular complexity index is 1220. The van der Waals surface area contributed by atoms with E-state index in [-0.39, 0.29) is 11.4 Å². The summed E-state index contributed by atoms with van der Waals surface area (Å²) in [5.74, 6) is -1.11. The van der Waals surface area contributed by atoms with E-state index in [0.717, 1.165) is 40.7 Å². The normalized spacial score (nSPS) is 15.1. The second kappa shape index (κ2) is 7.68. The molecule has 2 aromatic heterocycles. The molecule has 6 nitrogen and oxygen atoms in total. The van der Waals surface area contributed by atoms with Crippen molar-refractivity contribution < 1.29 is 14.3 Å². The maximum atomic E-state index is 12.8. The number of ketones is 1. The Hall–Kier alpha value is -3.59. The van der Waals surface area contributed by atoms with Crippen LogP contribution in [0, 0.1) is 25.2 Å². The van der Waals surface area contributed by atoms with Gasteiger partial charge < -0.3 is 14.3 Å². The molecule has 152 valence electrons. The molecule has 1 aliphatic carbocycles. The Morgan fingerprint density at radius 2 is 2.03 bits per heavy atom. The Morgan fingerprint density at radius 3 is 2.73 bits per heavy atom. The number of para-hydroxylation sites is 1. The summed E-state index contributed by atoms with van der Waals surface area (Å²) < 4.78 is 7.59. The molecule has 1 fully saturated rings. The van der Waals surface area contributed by atoms with Gasteiger partial charge in [-0.15, -0.1) is 0 Å². The van der Waals surface area contributed by atoms with E-state index in [0.29, 0.717) is 11.6 Å². The molecule has 0 bridgehead atoms. The number of rotatable bonds is 6. The molecule has 1 aromatic carbocycles. The monoisotopic (exact) mass is 401 g/mol. The predicted octanol–water partition coefficient (Wildman–Crippen LogP) is 4.64. The van der Waals surface area contributed by atoms with Crippen molar-refractivity contribution in [2.45, 2.75) is 45.8 Å². The van der Waals surface area contributed by atoms with E-state index in [1.165, 1.54) is 6.92 Å². The van der Waals surface area contributed by atoms with Gasteiger partial charge in [-0.1, -0.05) is 18.2 Å². The van der Waals surface area contributed by atoms with E-state index in [2.05, 4.69) is 9.55 Å². The number of nitriles is 1. The number of aromatic amines is 1. The van der Waals surface area contributed by atoms with Crippen LogP contribution in [0.4, 0.5) is 0 Å². The first-order valence-electron chi connectivity index (χ1n) is 10.0. The third-order valence-electron chi connectivity index (χ3n) is 5.58. The largest absolute Gasteiger partial charge is 0.450 e. The zero-order valence-corrected chi connectivity index (χ0v) is 17.2. The number of ether oxygens (including phenoxy) is 1. The number of Topliss-reactive ketones (excluding diaryl/α,β-unsaturated/α-hetero) is 1. The number of aryl methyl sites for hydroxylation is 1. The topological polar surface area (TPSA) is 87.9 Å². The van der Waals surface area contributed by atoms with Crippen LogP contribution in [0.3, 0.4) is 0 Å². The zero-order chi connectivity index (χ0) is 21.4. The molecule has 1 aliphatic rings. The number of nitrogens with zero attached hydrogens (tertiary/aromatic N) is 2. The minimum Gasteiger partial charge on any atom is -0.450 e. The van der Waals surface area contributed by atoms with Crippen LogP contribution in [0.2, 0.25) is 0 Å². The number of benzene rings is 1. The molecule has 6 heteroatoms. The lowest BCUT2D eigenvalue weighted by Gasteiger charge is -2.11. The number of carbonyl (C=O) groups excluding carboxylic acids is 2. The van der Waals surface area contributed by atoms with Gasteiger partial charge in [-0.05, 0) is 57.4 Å². The molecule has 0 saturated heterocycles. The average Bonchev–Trinajstić information content (AvgIpc) is 3.40. The number of aromatic nitrogens is 2. The summed E-state index contributed by atoms with van der Waals surface area (Å²) in [7, 11) is 0. The molecule has 0 aliphatic heterocycles. The zero-order valence-electron chi connectivity index (χ0n) is 17.2. The lowest BCUT2D eigenvalue weighted by atomic mass is 10.1.